The molecular formula is C48H28O2Se. The third-order valence-corrected chi connectivity index (χ3v) is 13.1. The fourth-order valence-electron chi connectivity index (χ4n) is 8.44. The summed E-state index contributed by atoms with van der Waals surface area (Å²) in [5.74, 6) is 0. The van der Waals surface area contributed by atoms with Crippen LogP contribution in [0.1, 0.15) is 0 Å². The molecule has 238 valence electrons. The second-order valence-electron chi connectivity index (χ2n) is 13.2. The first-order valence-corrected chi connectivity index (χ1v) is 18.9. The van der Waals surface area contributed by atoms with E-state index in [1.807, 2.05) is 12.5 Å². The van der Waals surface area contributed by atoms with Gasteiger partial charge in [-0.2, -0.15) is 0 Å². The van der Waals surface area contributed by atoms with Crippen LogP contribution < -0.4 is 0 Å². The Morgan fingerprint density at radius 3 is 1.22 bits per heavy atom. The van der Waals surface area contributed by atoms with Crippen molar-refractivity contribution < 1.29 is 8.83 Å². The molecule has 3 heteroatoms. The van der Waals surface area contributed by atoms with Crippen LogP contribution in [0.4, 0.5) is 0 Å². The van der Waals surface area contributed by atoms with Crippen molar-refractivity contribution in [3.05, 3.63) is 171 Å². The molecule has 0 atom stereocenters. The Hall–Kier alpha value is -6.12. The molecule has 0 amide bonds. The predicted octanol–water partition coefficient (Wildman–Crippen LogP) is 13.5. The molecule has 0 unspecified atom stereocenters. The molecule has 3 aromatic heterocycles. The van der Waals surface area contributed by atoms with Crippen molar-refractivity contribution >= 4 is 76.9 Å². The van der Waals surface area contributed by atoms with E-state index in [2.05, 4.69) is 146 Å². The quantitative estimate of drug-likeness (QED) is 0.134. The molecule has 0 aliphatic rings. The zero-order valence-corrected chi connectivity index (χ0v) is 29.1. The van der Waals surface area contributed by atoms with Gasteiger partial charge in [-0.15, -0.1) is 0 Å². The van der Waals surface area contributed by atoms with E-state index in [9.17, 15) is 0 Å². The minimum atomic E-state index is 0.116. The molecule has 0 spiro atoms. The maximum absolute atomic E-state index is 5.59. The molecule has 0 N–H and O–H groups in total. The van der Waals surface area contributed by atoms with Crippen molar-refractivity contribution in [2.24, 2.45) is 0 Å². The summed E-state index contributed by atoms with van der Waals surface area (Å²) in [5, 5.41) is 12.7. The van der Waals surface area contributed by atoms with Crippen LogP contribution in [0.25, 0.3) is 107 Å². The second kappa shape index (κ2) is 11.2. The molecule has 0 saturated carbocycles. The van der Waals surface area contributed by atoms with Crippen molar-refractivity contribution in [3.63, 3.8) is 0 Å². The Bertz CT molecular complexity index is 3010. The molecule has 8 aromatic carbocycles. The third kappa shape index (κ3) is 4.23. The van der Waals surface area contributed by atoms with Gasteiger partial charge in [-0.25, -0.2) is 0 Å². The predicted molar refractivity (Wildman–Crippen MR) is 215 cm³/mol. The molecule has 51 heavy (non-hydrogen) atoms. The van der Waals surface area contributed by atoms with E-state index in [1.54, 1.807) is 12.5 Å². The minimum absolute atomic E-state index is 0.116. The molecule has 0 aliphatic heterocycles. The summed E-state index contributed by atoms with van der Waals surface area (Å²) in [6.45, 7) is 0. The topological polar surface area (TPSA) is 26.3 Å². The van der Waals surface area contributed by atoms with Crippen LogP contribution in [-0.4, -0.2) is 14.5 Å². The van der Waals surface area contributed by atoms with Gasteiger partial charge in [0.05, 0.1) is 0 Å². The molecular weight excluding hydrogens is 687 g/mol. The summed E-state index contributed by atoms with van der Waals surface area (Å²) in [7, 11) is 0. The van der Waals surface area contributed by atoms with Gasteiger partial charge < -0.3 is 0 Å². The zero-order chi connectivity index (χ0) is 33.5. The fraction of sp³-hybridized carbons (Fsp3) is 0. The first kappa shape index (κ1) is 28.7. The number of benzene rings is 8. The number of fused-ring (bicyclic) bond motifs is 7. The molecule has 11 aromatic rings. The Kier molecular flexibility index (Phi) is 6.30. The summed E-state index contributed by atoms with van der Waals surface area (Å²) in [4.78, 5) is 0. The monoisotopic (exact) mass is 716 g/mol. The molecule has 0 aliphatic carbocycles. The fourth-order valence-corrected chi connectivity index (χ4v) is 11.1. The number of hydrogen-bond acceptors (Lipinski definition) is 2. The molecule has 0 saturated heterocycles. The van der Waals surface area contributed by atoms with Crippen LogP contribution in [0.5, 0.6) is 0 Å². The summed E-state index contributed by atoms with van der Waals surface area (Å²) < 4.78 is 14.0. The van der Waals surface area contributed by atoms with Gasteiger partial charge in [-0.3, -0.25) is 0 Å². The van der Waals surface area contributed by atoms with Crippen LogP contribution in [-0.2, 0) is 0 Å². The summed E-state index contributed by atoms with van der Waals surface area (Å²) in [6.07, 6.45) is 7.26. The van der Waals surface area contributed by atoms with E-state index >= 15 is 0 Å². The molecule has 3 heterocycles. The Morgan fingerprint density at radius 2 is 0.765 bits per heavy atom. The normalized spacial score (nSPS) is 11.9. The van der Waals surface area contributed by atoms with Gasteiger partial charge in [0.15, 0.2) is 0 Å². The van der Waals surface area contributed by atoms with Crippen molar-refractivity contribution in [1.29, 1.82) is 0 Å². The third-order valence-electron chi connectivity index (χ3n) is 10.5. The summed E-state index contributed by atoms with van der Waals surface area (Å²) in [6, 6.07) is 53.6. The second-order valence-corrected chi connectivity index (χ2v) is 15.4. The van der Waals surface area contributed by atoms with Gasteiger partial charge >= 0.3 is 301 Å². The molecule has 0 radical (unpaired) electrons. The van der Waals surface area contributed by atoms with Gasteiger partial charge in [0, 0.05) is 0 Å². The number of hydrogen-bond donors (Lipinski definition) is 0. The molecule has 0 bridgehead atoms. The maximum atomic E-state index is 5.59. The van der Waals surface area contributed by atoms with Gasteiger partial charge in [0.2, 0.25) is 0 Å². The number of rotatable bonds is 4. The van der Waals surface area contributed by atoms with E-state index in [0.717, 1.165) is 11.1 Å². The Morgan fingerprint density at radius 1 is 0.333 bits per heavy atom. The van der Waals surface area contributed by atoms with Gasteiger partial charge in [-0.1, -0.05) is 0 Å². The van der Waals surface area contributed by atoms with E-state index in [1.165, 1.54) is 95.8 Å². The first-order chi connectivity index (χ1) is 25.3. The summed E-state index contributed by atoms with van der Waals surface area (Å²) in [5.41, 5.74) is 9.85. The van der Waals surface area contributed by atoms with Gasteiger partial charge in [-0.05, 0) is 0 Å². The number of furan rings is 2. The van der Waals surface area contributed by atoms with Crippen molar-refractivity contribution in [3.8, 4) is 44.5 Å². The first-order valence-electron chi connectivity index (χ1n) is 17.2. The van der Waals surface area contributed by atoms with E-state index in [4.69, 9.17) is 8.83 Å². The van der Waals surface area contributed by atoms with Crippen LogP contribution in [0.3, 0.4) is 0 Å². The average molecular weight is 716 g/mol. The van der Waals surface area contributed by atoms with Crippen molar-refractivity contribution in [2.45, 2.75) is 0 Å². The molecule has 2 nitrogen and oxygen atoms in total. The zero-order valence-electron chi connectivity index (χ0n) is 27.4. The van der Waals surface area contributed by atoms with Crippen LogP contribution in [0.15, 0.2) is 179 Å². The van der Waals surface area contributed by atoms with Crippen LogP contribution in [0.2, 0.25) is 0 Å². The van der Waals surface area contributed by atoms with Crippen LogP contribution in [0, 0.1) is 0 Å². The SMILES string of the molecule is c1ccc2c(-c3ccc4c(c3)[se]c3c(-c5c6ccccc6c(-c6ccoc6)c6ccccc56)cccc34)c3ccccc3c(-c3ccoc3)c2c1. The standard InChI is InChI=1S/C48H28O2Se/c1-3-12-35-33(10-1)44(34-11-2-4-13-36(34)45(35)30-22-24-49-27-30)29-20-21-32-41-18-9-19-42(48(41)51-43(32)26-29)47-39-16-7-5-14-37(39)46(31-23-25-50-28-31)38-15-6-8-17-40(38)47/h1-28H. The van der Waals surface area contributed by atoms with Crippen LogP contribution >= 0.6 is 0 Å². The Balaban J connectivity index is 1.18. The van der Waals surface area contributed by atoms with Gasteiger partial charge in [0.1, 0.15) is 0 Å². The van der Waals surface area contributed by atoms with E-state index in [0.29, 0.717) is 0 Å². The van der Waals surface area contributed by atoms with E-state index in [-0.39, 0.29) is 14.5 Å². The average Bonchev–Trinajstić information content (AvgIpc) is 3.98. The molecule has 0 fully saturated rings. The van der Waals surface area contributed by atoms with E-state index < -0.39 is 0 Å². The molecule has 11 rings (SSSR count). The van der Waals surface area contributed by atoms with Gasteiger partial charge in [0.25, 0.3) is 0 Å². The summed E-state index contributed by atoms with van der Waals surface area (Å²) >= 11 is 0.116. The van der Waals surface area contributed by atoms with Crippen molar-refractivity contribution in [1.82, 2.24) is 0 Å². The van der Waals surface area contributed by atoms with Crippen molar-refractivity contribution in [2.75, 3.05) is 0 Å². The Labute approximate surface area is 299 Å².